The zero-order chi connectivity index (χ0) is 16.6. The number of aromatic nitrogens is 2. The number of hydrogen-bond donors (Lipinski definition) is 2. The van der Waals surface area contributed by atoms with Gasteiger partial charge in [-0.25, -0.2) is 4.98 Å². The molecule has 3 rings (SSSR count). The van der Waals surface area contributed by atoms with E-state index in [0.29, 0.717) is 23.7 Å². The van der Waals surface area contributed by atoms with Crippen LogP contribution in [0.4, 0.5) is 11.8 Å². The van der Waals surface area contributed by atoms with Gasteiger partial charge in [0.2, 0.25) is 5.95 Å². The second-order valence-electron chi connectivity index (χ2n) is 5.20. The van der Waals surface area contributed by atoms with Crippen molar-refractivity contribution in [2.45, 2.75) is 13.3 Å². The van der Waals surface area contributed by atoms with Crippen molar-refractivity contribution in [1.82, 2.24) is 9.97 Å². The topological polar surface area (TPSA) is 109 Å². The van der Waals surface area contributed by atoms with Crippen LogP contribution in [0.1, 0.15) is 16.7 Å². The van der Waals surface area contributed by atoms with Crippen LogP contribution in [0.3, 0.4) is 0 Å². The molecule has 23 heavy (non-hydrogen) atoms. The predicted octanol–water partition coefficient (Wildman–Crippen LogP) is 2.26. The summed E-state index contributed by atoms with van der Waals surface area (Å²) in [6.45, 7) is 2.01. The van der Waals surface area contributed by atoms with Gasteiger partial charge in [-0.05, 0) is 24.1 Å². The van der Waals surface area contributed by atoms with E-state index in [1.165, 1.54) is 6.26 Å². The quantitative estimate of drug-likeness (QED) is 0.760. The van der Waals surface area contributed by atoms with Crippen LogP contribution in [-0.4, -0.2) is 24.2 Å². The van der Waals surface area contributed by atoms with Gasteiger partial charge in [-0.15, -0.1) is 0 Å². The lowest BCUT2D eigenvalue weighted by atomic mass is 10.0. The van der Waals surface area contributed by atoms with Crippen molar-refractivity contribution in [2.24, 2.45) is 0 Å². The van der Waals surface area contributed by atoms with Gasteiger partial charge < -0.3 is 25.4 Å². The molecule has 0 radical (unpaired) electrons. The van der Waals surface area contributed by atoms with Crippen LogP contribution >= 0.6 is 0 Å². The minimum Gasteiger partial charge on any atom is -0.492 e. The van der Waals surface area contributed by atoms with Crippen LogP contribution in [0.5, 0.6) is 11.5 Å². The molecule has 0 amide bonds. The van der Waals surface area contributed by atoms with Gasteiger partial charge in [0, 0.05) is 18.2 Å². The van der Waals surface area contributed by atoms with Crippen LogP contribution < -0.4 is 20.9 Å². The molecule has 2 heterocycles. The minimum absolute atomic E-state index is 0.157. The van der Waals surface area contributed by atoms with E-state index in [0.717, 1.165) is 28.0 Å². The molecule has 0 unspecified atom stereocenters. The largest absolute Gasteiger partial charge is 0.492 e. The van der Waals surface area contributed by atoms with Crippen molar-refractivity contribution in [3.05, 3.63) is 35.2 Å². The molecule has 0 aromatic carbocycles. The first-order valence-electron chi connectivity index (χ1n) is 7.03. The van der Waals surface area contributed by atoms with Crippen molar-refractivity contribution in [2.75, 3.05) is 25.7 Å². The highest BCUT2D eigenvalue weighted by Gasteiger charge is 2.24. The Labute approximate surface area is 133 Å². The predicted molar refractivity (Wildman–Crippen MR) is 86.8 cm³/mol. The Morgan fingerprint density at radius 1 is 1.22 bits per heavy atom. The van der Waals surface area contributed by atoms with Crippen LogP contribution in [0, 0.1) is 6.92 Å². The molecule has 0 saturated heterocycles. The van der Waals surface area contributed by atoms with E-state index in [-0.39, 0.29) is 5.95 Å². The standard InChI is InChI=1S/C16H18N4O3/c1-8-4-11-13(14(22-3)12(21-2)7-23-11)10(8)5-9-6-19-16(18)20-15(9)17/h4,6-7H,5H2,1-3H3,(H4,17,18,19,20). The third kappa shape index (κ3) is 2.50. The van der Waals surface area contributed by atoms with Crippen molar-refractivity contribution >= 4 is 11.8 Å². The van der Waals surface area contributed by atoms with Gasteiger partial charge in [-0.1, -0.05) is 0 Å². The fraction of sp³-hybridized carbons (Fsp3) is 0.250. The number of nitrogens with two attached hydrogens (primary N) is 2. The van der Waals surface area contributed by atoms with E-state index in [1.54, 1.807) is 20.4 Å². The Morgan fingerprint density at radius 2 is 2.00 bits per heavy atom. The number of methoxy groups -OCH3 is 2. The molecule has 1 aliphatic carbocycles. The molecule has 0 saturated carbocycles. The number of nitrogen functional groups attached to an aromatic ring is 2. The number of anilines is 2. The lowest BCUT2D eigenvalue weighted by Gasteiger charge is -2.14. The summed E-state index contributed by atoms with van der Waals surface area (Å²) in [5.74, 6) is 2.42. The molecule has 0 spiro atoms. The third-order valence-electron chi connectivity index (χ3n) is 3.82. The maximum Gasteiger partial charge on any atom is 0.221 e. The van der Waals surface area contributed by atoms with Crippen molar-refractivity contribution < 1.29 is 13.9 Å². The summed E-state index contributed by atoms with van der Waals surface area (Å²) in [7, 11) is 3.17. The van der Waals surface area contributed by atoms with Crippen LogP contribution in [0.25, 0.3) is 11.3 Å². The lowest BCUT2D eigenvalue weighted by molar-refractivity contribution is 0.340. The average Bonchev–Trinajstić information content (AvgIpc) is 2.84. The molecule has 4 N–H and O–H groups in total. The highest BCUT2D eigenvalue weighted by Crippen LogP contribution is 2.45. The number of fused-ring (bicyclic) bond motifs is 1. The second-order valence-corrected chi connectivity index (χ2v) is 5.20. The Hall–Kier alpha value is -2.96. The van der Waals surface area contributed by atoms with Gasteiger partial charge in [0.1, 0.15) is 17.8 Å². The van der Waals surface area contributed by atoms with E-state index in [4.69, 9.17) is 25.4 Å². The molecule has 7 nitrogen and oxygen atoms in total. The number of rotatable bonds is 4. The fourth-order valence-corrected chi connectivity index (χ4v) is 2.67. The Balaban J connectivity index is 2.15. The van der Waals surface area contributed by atoms with E-state index < -0.39 is 0 Å². The molecule has 1 aliphatic heterocycles. The SMILES string of the molecule is COc1coc2cc(C)c(Cc3cnc(N)nc3N)c-2c1OC. The zero-order valence-electron chi connectivity index (χ0n) is 13.2. The number of aryl methyl sites for hydroxylation is 1. The Kier molecular flexibility index (Phi) is 3.69. The van der Waals surface area contributed by atoms with Crippen molar-refractivity contribution in [1.29, 1.82) is 0 Å². The first-order valence-corrected chi connectivity index (χ1v) is 7.03. The van der Waals surface area contributed by atoms with Crippen LogP contribution in [0.2, 0.25) is 0 Å². The molecule has 1 aromatic heterocycles. The molecule has 2 aliphatic rings. The van der Waals surface area contributed by atoms with Crippen LogP contribution in [0.15, 0.2) is 22.9 Å². The zero-order valence-corrected chi connectivity index (χ0v) is 13.2. The Morgan fingerprint density at radius 3 is 2.65 bits per heavy atom. The number of ether oxygens (including phenoxy) is 2. The lowest BCUT2D eigenvalue weighted by Crippen LogP contribution is -2.04. The van der Waals surface area contributed by atoms with E-state index in [9.17, 15) is 0 Å². The molecule has 1 aromatic rings. The smallest absolute Gasteiger partial charge is 0.221 e. The van der Waals surface area contributed by atoms with E-state index >= 15 is 0 Å². The van der Waals surface area contributed by atoms with Gasteiger partial charge in [-0.2, -0.15) is 4.98 Å². The molecule has 7 heteroatoms. The summed E-state index contributed by atoms with van der Waals surface area (Å²) >= 11 is 0. The first kappa shape index (κ1) is 15.0. The second kappa shape index (κ2) is 5.68. The van der Waals surface area contributed by atoms with Crippen molar-refractivity contribution in [3.63, 3.8) is 0 Å². The van der Waals surface area contributed by atoms with E-state index in [2.05, 4.69) is 9.97 Å². The van der Waals surface area contributed by atoms with Crippen molar-refractivity contribution in [3.8, 4) is 22.8 Å². The number of nitrogens with zero attached hydrogens (tertiary/aromatic N) is 2. The maximum absolute atomic E-state index is 5.95. The average molecular weight is 314 g/mol. The summed E-state index contributed by atoms with van der Waals surface area (Å²) < 4.78 is 16.5. The van der Waals surface area contributed by atoms with Gasteiger partial charge in [0.25, 0.3) is 0 Å². The molecule has 120 valence electrons. The van der Waals surface area contributed by atoms with Gasteiger partial charge >= 0.3 is 0 Å². The normalized spacial score (nSPS) is 10.9. The minimum atomic E-state index is 0.157. The molecular weight excluding hydrogens is 296 g/mol. The summed E-state index contributed by atoms with van der Waals surface area (Å²) in [6, 6.07) is 1.96. The van der Waals surface area contributed by atoms with Crippen LogP contribution in [-0.2, 0) is 6.42 Å². The molecule has 0 bridgehead atoms. The number of hydrogen-bond acceptors (Lipinski definition) is 7. The highest BCUT2D eigenvalue weighted by molar-refractivity contribution is 5.78. The van der Waals surface area contributed by atoms with E-state index in [1.807, 2.05) is 13.0 Å². The first-order chi connectivity index (χ1) is 11.0. The summed E-state index contributed by atoms with van der Waals surface area (Å²) in [5, 5.41) is 0. The molecular formula is C16H18N4O3. The molecule has 0 atom stereocenters. The molecule has 0 fully saturated rings. The van der Waals surface area contributed by atoms with Gasteiger partial charge in [0.05, 0.1) is 19.8 Å². The Bertz CT molecular complexity index is 829. The van der Waals surface area contributed by atoms with Gasteiger partial charge in [0.15, 0.2) is 11.5 Å². The third-order valence-corrected chi connectivity index (χ3v) is 3.82. The summed E-state index contributed by atoms with van der Waals surface area (Å²) in [5.41, 5.74) is 15.2. The maximum atomic E-state index is 5.95. The van der Waals surface area contributed by atoms with Gasteiger partial charge in [-0.3, -0.25) is 0 Å². The summed E-state index contributed by atoms with van der Waals surface area (Å²) in [4.78, 5) is 8.02. The monoisotopic (exact) mass is 314 g/mol. The highest BCUT2D eigenvalue weighted by atomic mass is 16.5. The fourth-order valence-electron chi connectivity index (χ4n) is 2.67. The summed E-state index contributed by atoms with van der Waals surface area (Å²) in [6.07, 6.45) is 3.71.